The standard InChI is InChI=1S/C20H22N2O/c1-2-10-22(14-16-6-4-3-5-7-16)19-12-18-9-8-17(13-21)11-20(18)23-15-19/h3-9,11,19H,2,10,12,14-15H2,1H3. The molecular weight excluding hydrogens is 284 g/mol. The zero-order chi connectivity index (χ0) is 16.1. The third-order valence-electron chi connectivity index (χ3n) is 4.34. The van der Waals surface area contributed by atoms with Crippen LogP contribution in [0.25, 0.3) is 0 Å². The average Bonchev–Trinajstić information content (AvgIpc) is 2.61. The van der Waals surface area contributed by atoms with E-state index in [0.717, 1.165) is 31.7 Å². The van der Waals surface area contributed by atoms with Crippen molar-refractivity contribution in [3.8, 4) is 11.8 Å². The van der Waals surface area contributed by atoms with E-state index in [1.54, 1.807) is 0 Å². The summed E-state index contributed by atoms with van der Waals surface area (Å²) in [4.78, 5) is 2.51. The van der Waals surface area contributed by atoms with Gasteiger partial charge in [0, 0.05) is 12.6 Å². The fourth-order valence-electron chi connectivity index (χ4n) is 3.16. The van der Waals surface area contributed by atoms with Crippen LogP contribution < -0.4 is 4.74 Å². The van der Waals surface area contributed by atoms with Crippen molar-refractivity contribution in [1.29, 1.82) is 5.26 Å². The molecule has 0 saturated carbocycles. The number of nitrogens with zero attached hydrogens (tertiary/aromatic N) is 2. The molecule has 0 aliphatic carbocycles. The summed E-state index contributed by atoms with van der Waals surface area (Å²) in [6, 6.07) is 18.9. The molecular formula is C20H22N2O. The normalized spacial score (nSPS) is 16.5. The molecule has 3 heteroatoms. The van der Waals surface area contributed by atoms with Crippen molar-refractivity contribution >= 4 is 0 Å². The van der Waals surface area contributed by atoms with Crippen LogP contribution in [0.5, 0.6) is 5.75 Å². The van der Waals surface area contributed by atoms with Crippen molar-refractivity contribution in [1.82, 2.24) is 4.90 Å². The van der Waals surface area contributed by atoms with Gasteiger partial charge in [-0.2, -0.15) is 5.26 Å². The highest BCUT2D eigenvalue weighted by atomic mass is 16.5. The maximum Gasteiger partial charge on any atom is 0.123 e. The first-order chi connectivity index (χ1) is 11.3. The number of hydrogen-bond donors (Lipinski definition) is 0. The molecule has 1 atom stereocenters. The fraction of sp³-hybridized carbons (Fsp3) is 0.350. The van der Waals surface area contributed by atoms with Crippen molar-refractivity contribution < 1.29 is 4.74 Å². The Hall–Kier alpha value is -2.31. The molecule has 1 heterocycles. The van der Waals surface area contributed by atoms with Crippen LogP contribution in [0.2, 0.25) is 0 Å². The zero-order valence-corrected chi connectivity index (χ0v) is 13.5. The van der Waals surface area contributed by atoms with Gasteiger partial charge in [-0.25, -0.2) is 0 Å². The molecule has 1 aliphatic heterocycles. The lowest BCUT2D eigenvalue weighted by Crippen LogP contribution is -2.43. The fourth-order valence-corrected chi connectivity index (χ4v) is 3.16. The van der Waals surface area contributed by atoms with Crippen LogP contribution in [0.3, 0.4) is 0 Å². The maximum absolute atomic E-state index is 9.00. The zero-order valence-electron chi connectivity index (χ0n) is 13.5. The molecule has 0 saturated heterocycles. The van der Waals surface area contributed by atoms with Gasteiger partial charge in [-0.1, -0.05) is 43.3 Å². The molecule has 0 bridgehead atoms. The Kier molecular flexibility index (Phi) is 4.95. The van der Waals surface area contributed by atoms with E-state index in [4.69, 9.17) is 10.00 Å². The van der Waals surface area contributed by atoms with Gasteiger partial charge < -0.3 is 4.74 Å². The van der Waals surface area contributed by atoms with E-state index in [9.17, 15) is 0 Å². The Bertz CT molecular complexity index is 691. The molecule has 0 radical (unpaired) electrons. The SMILES string of the molecule is CCCN(Cc1ccccc1)C1COc2cc(C#N)ccc2C1. The second-order valence-corrected chi connectivity index (χ2v) is 6.06. The molecule has 23 heavy (non-hydrogen) atoms. The van der Waals surface area contributed by atoms with E-state index in [1.165, 1.54) is 11.1 Å². The molecule has 0 amide bonds. The van der Waals surface area contributed by atoms with Crippen molar-refractivity contribution in [3.63, 3.8) is 0 Å². The summed E-state index contributed by atoms with van der Waals surface area (Å²) in [5.41, 5.74) is 3.21. The molecule has 0 aromatic heterocycles. The van der Waals surface area contributed by atoms with Gasteiger partial charge in [-0.3, -0.25) is 4.90 Å². The maximum atomic E-state index is 9.00. The van der Waals surface area contributed by atoms with Crippen molar-refractivity contribution in [3.05, 3.63) is 65.2 Å². The summed E-state index contributed by atoms with van der Waals surface area (Å²) in [5.74, 6) is 0.872. The topological polar surface area (TPSA) is 36.3 Å². The molecule has 2 aromatic carbocycles. The Morgan fingerprint density at radius 1 is 1.22 bits per heavy atom. The third-order valence-corrected chi connectivity index (χ3v) is 4.34. The van der Waals surface area contributed by atoms with Crippen LogP contribution >= 0.6 is 0 Å². The van der Waals surface area contributed by atoms with Crippen LogP contribution in [0, 0.1) is 11.3 Å². The predicted octanol–water partition coefficient (Wildman–Crippen LogP) is 3.77. The Morgan fingerprint density at radius 3 is 2.78 bits per heavy atom. The van der Waals surface area contributed by atoms with E-state index in [-0.39, 0.29) is 0 Å². The van der Waals surface area contributed by atoms with Gasteiger partial charge in [0.15, 0.2) is 0 Å². The van der Waals surface area contributed by atoms with Crippen LogP contribution in [-0.4, -0.2) is 24.1 Å². The van der Waals surface area contributed by atoms with Gasteiger partial charge in [-0.05, 0) is 42.6 Å². The summed E-state index contributed by atoms with van der Waals surface area (Å²) >= 11 is 0. The molecule has 3 nitrogen and oxygen atoms in total. The van der Waals surface area contributed by atoms with Gasteiger partial charge in [0.05, 0.1) is 11.6 Å². The van der Waals surface area contributed by atoms with Gasteiger partial charge in [0.25, 0.3) is 0 Å². The largest absolute Gasteiger partial charge is 0.492 e. The quantitative estimate of drug-likeness (QED) is 0.843. The van der Waals surface area contributed by atoms with Gasteiger partial charge >= 0.3 is 0 Å². The summed E-state index contributed by atoms with van der Waals surface area (Å²) in [6.07, 6.45) is 2.11. The van der Waals surface area contributed by atoms with E-state index < -0.39 is 0 Å². The number of hydrogen-bond acceptors (Lipinski definition) is 3. The van der Waals surface area contributed by atoms with Crippen LogP contribution in [0.15, 0.2) is 48.5 Å². The van der Waals surface area contributed by atoms with Gasteiger partial charge in [-0.15, -0.1) is 0 Å². The van der Waals surface area contributed by atoms with Crippen molar-refractivity contribution in [2.24, 2.45) is 0 Å². The molecule has 3 rings (SSSR count). The number of ether oxygens (including phenoxy) is 1. The molecule has 1 unspecified atom stereocenters. The van der Waals surface area contributed by atoms with Crippen molar-refractivity contribution in [2.75, 3.05) is 13.2 Å². The summed E-state index contributed by atoms with van der Waals surface area (Å²) in [6.45, 7) is 4.92. The number of fused-ring (bicyclic) bond motifs is 1. The molecule has 2 aromatic rings. The lowest BCUT2D eigenvalue weighted by molar-refractivity contribution is 0.113. The monoisotopic (exact) mass is 306 g/mol. The first-order valence-electron chi connectivity index (χ1n) is 8.24. The summed E-state index contributed by atoms with van der Waals surface area (Å²) in [5, 5.41) is 9.00. The number of nitriles is 1. The number of rotatable bonds is 5. The highest BCUT2D eigenvalue weighted by molar-refractivity contribution is 5.44. The first kappa shape index (κ1) is 15.6. The average molecular weight is 306 g/mol. The summed E-state index contributed by atoms with van der Waals surface area (Å²) in [7, 11) is 0. The van der Waals surface area contributed by atoms with Crippen LogP contribution in [0.4, 0.5) is 0 Å². The van der Waals surface area contributed by atoms with Crippen LogP contribution in [0.1, 0.15) is 30.0 Å². The molecule has 0 N–H and O–H groups in total. The molecule has 0 fully saturated rings. The predicted molar refractivity (Wildman–Crippen MR) is 91.3 cm³/mol. The smallest absolute Gasteiger partial charge is 0.123 e. The minimum atomic E-state index is 0.385. The van der Waals surface area contributed by atoms with Crippen LogP contribution in [-0.2, 0) is 13.0 Å². The number of benzene rings is 2. The Morgan fingerprint density at radius 2 is 2.04 bits per heavy atom. The Balaban J connectivity index is 1.75. The minimum Gasteiger partial charge on any atom is -0.492 e. The molecule has 1 aliphatic rings. The highest BCUT2D eigenvalue weighted by Crippen LogP contribution is 2.28. The van der Waals surface area contributed by atoms with Gasteiger partial charge in [0.2, 0.25) is 0 Å². The summed E-state index contributed by atoms with van der Waals surface area (Å²) < 4.78 is 5.95. The van der Waals surface area contributed by atoms with Crippen molar-refractivity contribution in [2.45, 2.75) is 32.4 Å². The second-order valence-electron chi connectivity index (χ2n) is 6.06. The highest BCUT2D eigenvalue weighted by Gasteiger charge is 2.25. The first-order valence-corrected chi connectivity index (χ1v) is 8.24. The van der Waals surface area contributed by atoms with E-state index in [0.29, 0.717) is 18.2 Å². The second kappa shape index (κ2) is 7.30. The van der Waals surface area contributed by atoms with Gasteiger partial charge in [0.1, 0.15) is 12.4 Å². The molecule has 118 valence electrons. The lowest BCUT2D eigenvalue weighted by atomic mass is 9.99. The molecule has 0 spiro atoms. The third kappa shape index (κ3) is 3.72. The lowest BCUT2D eigenvalue weighted by Gasteiger charge is -2.35. The van der Waals surface area contributed by atoms with E-state index in [1.807, 2.05) is 18.2 Å². The van der Waals surface area contributed by atoms with E-state index >= 15 is 0 Å². The minimum absolute atomic E-state index is 0.385. The Labute approximate surface area is 138 Å². The van der Waals surface area contributed by atoms with E-state index in [2.05, 4.69) is 48.2 Å².